The maximum absolute atomic E-state index is 12.7. The summed E-state index contributed by atoms with van der Waals surface area (Å²) < 4.78 is 0. The number of amides is 2. The summed E-state index contributed by atoms with van der Waals surface area (Å²) >= 11 is 0. The molecule has 0 radical (unpaired) electrons. The Hall–Kier alpha value is -2.90. The van der Waals surface area contributed by atoms with E-state index in [4.69, 9.17) is 5.11 Å². The Bertz CT molecular complexity index is 888. The number of carbonyl (C=O) groups excluding carboxylic acids is 1. The third-order valence-electron chi connectivity index (χ3n) is 5.88. The van der Waals surface area contributed by atoms with Crippen molar-refractivity contribution in [2.45, 2.75) is 19.9 Å². The number of rotatable bonds is 7. The minimum absolute atomic E-state index is 0.0122. The first-order valence-corrected chi connectivity index (χ1v) is 10.8. The van der Waals surface area contributed by atoms with Gasteiger partial charge in [0.25, 0.3) is 5.91 Å². The van der Waals surface area contributed by atoms with E-state index in [1.807, 2.05) is 61.2 Å². The maximum Gasteiger partial charge on any atom is 0.409 e. The van der Waals surface area contributed by atoms with Crippen molar-refractivity contribution >= 4 is 17.7 Å². The molecule has 166 valence electrons. The number of benzene rings is 2. The number of anilines is 1. The molecule has 7 nitrogen and oxygen atoms in total. The predicted octanol–water partition coefficient (Wildman–Crippen LogP) is 3.60. The molecule has 1 atom stereocenters. The van der Waals surface area contributed by atoms with Gasteiger partial charge in [-0.25, -0.2) is 4.79 Å². The number of piperazine rings is 1. The topological polar surface area (TPSA) is 76.1 Å². The van der Waals surface area contributed by atoms with Gasteiger partial charge >= 0.3 is 6.09 Å². The number of carbonyl (C=O) groups is 2. The summed E-state index contributed by atoms with van der Waals surface area (Å²) in [5, 5.41) is 11.5. The van der Waals surface area contributed by atoms with Gasteiger partial charge in [0.15, 0.2) is 0 Å². The second-order valence-corrected chi connectivity index (χ2v) is 7.90. The average molecular weight is 425 g/mol. The quantitative estimate of drug-likeness (QED) is 0.710. The van der Waals surface area contributed by atoms with Gasteiger partial charge in [0.1, 0.15) is 0 Å². The van der Waals surface area contributed by atoms with E-state index in [9.17, 15) is 9.59 Å². The van der Waals surface area contributed by atoms with Gasteiger partial charge in [-0.05, 0) is 56.3 Å². The van der Waals surface area contributed by atoms with Gasteiger partial charge in [-0.15, -0.1) is 0 Å². The molecule has 1 aliphatic rings. The summed E-state index contributed by atoms with van der Waals surface area (Å²) in [4.78, 5) is 30.3. The minimum atomic E-state index is -1.08. The molecule has 31 heavy (non-hydrogen) atoms. The molecule has 1 saturated heterocycles. The number of hydrogen-bond donors (Lipinski definition) is 2. The summed E-state index contributed by atoms with van der Waals surface area (Å²) in [7, 11) is 2.12. The highest BCUT2D eigenvalue weighted by molar-refractivity contribution is 5.94. The maximum atomic E-state index is 12.7. The summed E-state index contributed by atoms with van der Waals surface area (Å²) in [6.07, 6.45) is -1.08. The van der Waals surface area contributed by atoms with Crippen LogP contribution in [0.4, 0.5) is 10.5 Å². The molecule has 0 aromatic heterocycles. The molecular formula is C24H32N4O3. The third-order valence-corrected chi connectivity index (χ3v) is 5.88. The molecule has 1 unspecified atom stereocenters. The van der Waals surface area contributed by atoms with E-state index < -0.39 is 6.09 Å². The molecule has 1 heterocycles. The van der Waals surface area contributed by atoms with Gasteiger partial charge < -0.3 is 14.9 Å². The number of nitrogens with zero attached hydrogens (tertiary/aromatic N) is 3. The van der Waals surface area contributed by atoms with Crippen LogP contribution in [-0.4, -0.2) is 78.1 Å². The predicted molar refractivity (Wildman–Crippen MR) is 123 cm³/mol. The summed E-state index contributed by atoms with van der Waals surface area (Å²) in [5.74, 6) is 0.0420. The Kier molecular flexibility index (Phi) is 7.65. The van der Waals surface area contributed by atoms with Crippen molar-refractivity contribution in [1.82, 2.24) is 14.7 Å². The monoisotopic (exact) mass is 424 g/mol. The second kappa shape index (κ2) is 10.4. The fraction of sp³-hybridized carbons (Fsp3) is 0.417. The zero-order valence-corrected chi connectivity index (χ0v) is 18.5. The van der Waals surface area contributed by atoms with E-state index >= 15 is 0 Å². The summed E-state index contributed by atoms with van der Waals surface area (Å²) in [6.45, 7) is 9.11. The number of hydrogen-bond acceptors (Lipinski definition) is 4. The van der Waals surface area contributed by atoms with Gasteiger partial charge in [0.2, 0.25) is 0 Å². The fourth-order valence-corrected chi connectivity index (χ4v) is 4.11. The van der Waals surface area contributed by atoms with E-state index in [1.165, 1.54) is 0 Å². The largest absolute Gasteiger partial charge is 0.465 e. The van der Waals surface area contributed by atoms with Crippen LogP contribution in [0.15, 0.2) is 48.5 Å². The molecule has 7 heteroatoms. The van der Waals surface area contributed by atoms with Crippen molar-refractivity contribution in [3.05, 3.63) is 65.2 Å². The first-order valence-electron chi connectivity index (χ1n) is 10.8. The SMILES string of the molecule is CCN(CC)C(=O)c1ccc(C(c2cccc(NC(=O)O)c2)N2CCN(C)CC2)cc1. The molecule has 0 saturated carbocycles. The van der Waals surface area contributed by atoms with Crippen LogP contribution in [-0.2, 0) is 0 Å². The van der Waals surface area contributed by atoms with Gasteiger partial charge in [-0.3, -0.25) is 15.0 Å². The zero-order valence-electron chi connectivity index (χ0n) is 18.5. The van der Waals surface area contributed by atoms with Crippen LogP contribution in [0.1, 0.15) is 41.4 Å². The van der Waals surface area contributed by atoms with Crippen LogP contribution in [0.2, 0.25) is 0 Å². The van der Waals surface area contributed by atoms with Crippen molar-refractivity contribution in [1.29, 1.82) is 0 Å². The van der Waals surface area contributed by atoms with Crippen molar-refractivity contribution < 1.29 is 14.7 Å². The zero-order chi connectivity index (χ0) is 22.4. The lowest BCUT2D eigenvalue weighted by molar-refractivity contribution is 0.0773. The fourth-order valence-electron chi connectivity index (χ4n) is 4.11. The molecule has 3 rings (SSSR count). The number of nitrogens with one attached hydrogen (secondary N) is 1. The Balaban J connectivity index is 1.93. The van der Waals surface area contributed by atoms with Gasteiger partial charge in [0.05, 0.1) is 6.04 Å². The normalized spacial score (nSPS) is 16.0. The van der Waals surface area contributed by atoms with Gasteiger partial charge in [0, 0.05) is 50.5 Å². The Morgan fingerprint density at radius 2 is 1.65 bits per heavy atom. The highest BCUT2D eigenvalue weighted by Crippen LogP contribution is 2.31. The van der Waals surface area contributed by atoms with Crippen LogP contribution in [0, 0.1) is 0 Å². The van der Waals surface area contributed by atoms with Gasteiger partial charge in [-0.1, -0.05) is 24.3 Å². The summed E-state index contributed by atoms with van der Waals surface area (Å²) in [5.41, 5.74) is 3.36. The van der Waals surface area contributed by atoms with E-state index in [1.54, 1.807) is 6.07 Å². The van der Waals surface area contributed by atoms with Gasteiger partial charge in [-0.2, -0.15) is 0 Å². The van der Waals surface area contributed by atoms with E-state index in [-0.39, 0.29) is 11.9 Å². The van der Waals surface area contributed by atoms with Crippen LogP contribution >= 0.6 is 0 Å². The second-order valence-electron chi connectivity index (χ2n) is 7.90. The minimum Gasteiger partial charge on any atom is -0.465 e. The molecule has 0 spiro atoms. The highest BCUT2D eigenvalue weighted by atomic mass is 16.4. The molecule has 0 aliphatic carbocycles. The van der Waals surface area contributed by atoms with Crippen molar-refractivity contribution in [3.63, 3.8) is 0 Å². The molecule has 1 fully saturated rings. The smallest absolute Gasteiger partial charge is 0.409 e. The van der Waals surface area contributed by atoms with Crippen molar-refractivity contribution in [2.75, 3.05) is 51.6 Å². The molecule has 2 N–H and O–H groups in total. The van der Waals surface area contributed by atoms with Crippen LogP contribution in [0.25, 0.3) is 0 Å². The molecule has 2 aromatic carbocycles. The Morgan fingerprint density at radius 3 is 2.23 bits per heavy atom. The van der Waals surface area contributed by atoms with Crippen molar-refractivity contribution in [3.8, 4) is 0 Å². The standard InChI is InChI=1S/C24H32N4O3/c1-4-27(5-2)23(29)19-11-9-18(10-12-19)22(28-15-13-26(3)14-16-28)20-7-6-8-21(17-20)25-24(30)31/h6-12,17,22,25H,4-5,13-16H2,1-3H3,(H,30,31). The Morgan fingerprint density at radius 1 is 1.00 bits per heavy atom. The highest BCUT2D eigenvalue weighted by Gasteiger charge is 2.26. The van der Waals surface area contributed by atoms with Crippen LogP contribution in [0.3, 0.4) is 0 Å². The number of carboxylic acid groups (broad SMARTS) is 1. The third kappa shape index (κ3) is 5.62. The number of likely N-dealkylation sites (N-methyl/N-ethyl adjacent to an activating group) is 1. The van der Waals surface area contributed by atoms with Crippen LogP contribution < -0.4 is 5.32 Å². The van der Waals surface area contributed by atoms with E-state index in [0.29, 0.717) is 24.3 Å². The lowest BCUT2D eigenvalue weighted by Crippen LogP contribution is -2.46. The summed E-state index contributed by atoms with van der Waals surface area (Å²) in [6, 6.07) is 15.4. The van der Waals surface area contributed by atoms with Crippen molar-refractivity contribution in [2.24, 2.45) is 0 Å². The average Bonchev–Trinajstić information content (AvgIpc) is 2.76. The molecule has 0 bridgehead atoms. The molecule has 2 aromatic rings. The first kappa shape index (κ1) is 22.8. The van der Waals surface area contributed by atoms with Crippen LogP contribution in [0.5, 0.6) is 0 Å². The van der Waals surface area contributed by atoms with E-state index in [0.717, 1.165) is 37.3 Å². The van der Waals surface area contributed by atoms with E-state index in [2.05, 4.69) is 22.2 Å². The molecule has 1 aliphatic heterocycles. The molecular weight excluding hydrogens is 392 g/mol. The molecule has 2 amide bonds. The first-order chi connectivity index (χ1) is 14.9. The lowest BCUT2D eigenvalue weighted by Gasteiger charge is -2.38. The Labute approximate surface area is 184 Å². The lowest BCUT2D eigenvalue weighted by atomic mass is 9.95.